The van der Waals surface area contributed by atoms with Crippen LogP contribution in [0.2, 0.25) is 0 Å². The minimum absolute atomic E-state index is 0. The average molecular weight is 284 g/mol. The number of carbonyl (C=O) groups excluding carboxylic acids is 1. The lowest BCUT2D eigenvalue weighted by Gasteiger charge is -1.94. The lowest BCUT2D eigenvalue weighted by atomic mass is 10.1. The first-order chi connectivity index (χ1) is 6.86. The van der Waals surface area contributed by atoms with Crippen LogP contribution in [0.15, 0.2) is 41.9 Å². The summed E-state index contributed by atoms with van der Waals surface area (Å²) in [6, 6.07) is 9.77. The number of aromatic amines is 1. The van der Waals surface area contributed by atoms with Crippen molar-refractivity contribution in [2.45, 2.75) is 6.42 Å². The zero-order valence-electron chi connectivity index (χ0n) is 7.94. The molecule has 0 bridgehead atoms. The van der Waals surface area contributed by atoms with E-state index in [4.69, 9.17) is 0 Å². The maximum absolute atomic E-state index is 11.7. The Morgan fingerprint density at radius 3 is 2.60 bits per heavy atom. The minimum atomic E-state index is 0. The van der Waals surface area contributed by atoms with Crippen molar-refractivity contribution < 1.29 is 26.8 Å². The smallest absolute Gasteiger partial charge is 0.303 e. The first-order valence-corrected chi connectivity index (χ1v) is 5.26. The molecule has 15 heavy (non-hydrogen) atoms. The summed E-state index contributed by atoms with van der Waals surface area (Å²) >= 11 is 1.45. The normalized spacial score (nSPS) is 9.33. The largest absolute Gasteiger partial charge is 1.00 e. The number of hydrogen-bond donors (Lipinski definition) is 0. The number of nitrogens with one attached hydrogen (secondary N) is 1. The Morgan fingerprint density at radius 2 is 2.00 bits per heavy atom. The second kappa shape index (κ2) is 5.78. The summed E-state index contributed by atoms with van der Waals surface area (Å²) in [4.78, 5) is 14.6. The Kier molecular flexibility index (Phi) is 4.65. The van der Waals surface area contributed by atoms with Gasteiger partial charge in [0.1, 0.15) is 0 Å². The van der Waals surface area contributed by atoms with E-state index in [1.54, 1.807) is 6.20 Å². The highest BCUT2D eigenvalue weighted by atomic mass is 79.9. The molecule has 0 fully saturated rings. The van der Waals surface area contributed by atoms with Gasteiger partial charge >= 0.3 is 5.01 Å². The topological polar surface area (TPSA) is 31.2 Å². The second-order valence-electron chi connectivity index (χ2n) is 2.98. The molecule has 0 saturated carbocycles. The van der Waals surface area contributed by atoms with Crippen molar-refractivity contribution in [1.82, 2.24) is 0 Å². The Morgan fingerprint density at radius 1 is 1.27 bits per heavy atom. The molecular formula is C11H10BrNOS. The fraction of sp³-hybridized carbons (Fsp3) is 0.0909. The van der Waals surface area contributed by atoms with Gasteiger partial charge in [-0.15, -0.1) is 0 Å². The number of H-pyrrole nitrogens is 1. The van der Waals surface area contributed by atoms with Crippen LogP contribution < -0.4 is 22.0 Å². The molecule has 2 rings (SSSR count). The maximum Gasteiger partial charge on any atom is 0.303 e. The Hall–Kier alpha value is -1.00. The molecule has 2 nitrogen and oxygen atoms in total. The summed E-state index contributed by atoms with van der Waals surface area (Å²) < 4.78 is 0. The van der Waals surface area contributed by atoms with Gasteiger partial charge in [-0.1, -0.05) is 41.7 Å². The van der Waals surface area contributed by atoms with Crippen molar-refractivity contribution in [3.8, 4) is 0 Å². The number of rotatable bonds is 3. The highest BCUT2D eigenvalue weighted by molar-refractivity contribution is 7.11. The first-order valence-electron chi connectivity index (χ1n) is 4.38. The van der Waals surface area contributed by atoms with E-state index in [0.29, 0.717) is 11.4 Å². The van der Waals surface area contributed by atoms with Crippen molar-refractivity contribution in [3.63, 3.8) is 0 Å². The van der Waals surface area contributed by atoms with Crippen LogP contribution in [0.4, 0.5) is 0 Å². The predicted octanol–water partition coefficient (Wildman–Crippen LogP) is -1.01. The second-order valence-corrected chi connectivity index (χ2v) is 3.90. The number of ketones is 1. The predicted molar refractivity (Wildman–Crippen MR) is 55.4 cm³/mol. The maximum atomic E-state index is 11.7. The fourth-order valence-corrected chi connectivity index (χ4v) is 1.87. The van der Waals surface area contributed by atoms with Gasteiger partial charge in [-0.3, -0.25) is 4.79 Å². The van der Waals surface area contributed by atoms with Crippen LogP contribution in [0.5, 0.6) is 0 Å². The Labute approximate surface area is 103 Å². The summed E-state index contributed by atoms with van der Waals surface area (Å²) in [6.07, 6.45) is 2.25. The van der Waals surface area contributed by atoms with Crippen LogP contribution in [0.3, 0.4) is 0 Å². The van der Waals surface area contributed by atoms with E-state index >= 15 is 0 Å². The lowest BCUT2D eigenvalue weighted by molar-refractivity contribution is -0.374. The van der Waals surface area contributed by atoms with Gasteiger partial charge in [0.2, 0.25) is 5.78 Å². The van der Waals surface area contributed by atoms with Gasteiger partial charge in [-0.25, -0.2) is 0 Å². The molecule has 0 amide bonds. The summed E-state index contributed by atoms with van der Waals surface area (Å²) in [7, 11) is 0. The molecule has 2 aromatic rings. The third-order valence-electron chi connectivity index (χ3n) is 1.93. The zero-order valence-corrected chi connectivity index (χ0v) is 10.3. The van der Waals surface area contributed by atoms with E-state index in [0.717, 1.165) is 5.56 Å². The van der Waals surface area contributed by atoms with Crippen LogP contribution in [0.25, 0.3) is 0 Å². The summed E-state index contributed by atoms with van der Waals surface area (Å²) in [5.74, 6) is 0.145. The van der Waals surface area contributed by atoms with Gasteiger partial charge in [0.25, 0.3) is 0 Å². The third-order valence-corrected chi connectivity index (χ3v) is 2.78. The molecule has 0 aliphatic carbocycles. The van der Waals surface area contributed by atoms with E-state index in [-0.39, 0.29) is 22.8 Å². The third kappa shape index (κ3) is 3.25. The van der Waals surface area contributed by atoms with E-state index in [1.807, 2.05) is 35.7 Å². The standard InChI is InChI=1S/C11H9NOS.BrH/c13-10(11-12-6-7-14-11)8-9-4-2-1-3-5-9;/h1-7H,8H2;1H. The van der Waals surface area contributed by atoms with Crippen LogP contribution in [-0.4, -0.2) is 5.78 Å². The van der Waals surface area contributed by atoms with E-state index < -0.39 is 0 Å². The van der Waals surface area contributed by atoms with Crippen LogP contribution in [0, 0.1) is 0 Å². The lowest BCUT2D eigenvalue weighted by Crippen LogP contribution is -3.00. The molecule has 0 saturated heterocycles. The number of hydrogen-bond acceptors (Lipinski definition) is 2. The SMILES string of the molecule is O=C(Cc1ccccc1)c1[nH+]ccs1.[Br-]. The molecule has 0 unspecified atom stereocenters. The van der Waals surface area contributed by atoms with Crippen molar-refractivity contribution in [2.75, 3.05) is 0 Å². The molecule has 4 heteroatoms. The number of benzene rings is 1. The molecule has 78 valence electrons. The van der Waals surface area contributed by atoms with E-state index in [1.165, 1.54) is 11.3 Å². The highest BCUT2D eigenvalue weighted by Crippen LogP contribution is 2.06. The van der Waals surface area contributed by atoms with Gasteiger partial charge in [0.05, 0.1) is 5.38 Å². The van der Waals surface area contributed by atoms with Gasteiger partial charge < -0.3 is 17.0 Å². The van der Waals surface area contributed by atoms with E-state index in [2.05, 4.69) is 4.98 Å². The van der Waals surface area contributed by atoms with Crippen molar-refractivity contribution in [3.05, 3.63) is 52.5 Å². The summed E-state index contributed by atoms with van der Waals surface area (Å²) in [5, 5.41) is 2.59. The minimum Gasteiger partial charge on any atom is -1.00 e. The molecule has 1 heterocycles. The quantitative estimate of drug-likeness (QED) is 0.665. The van der Waals surface area contributed by atoms with E-state index in [9.17, 15) is 4.79 Å². The van der Waals surface area contributed by atoms with Gasteiger partial charge in [0.15, 0.2) is 6.20 Å². The number of thiazole rings is 1. The molecule has 0 aliphatic rings. The first kappa shape index (κ1) is 12.1. The van der Waals surface area contributed by atoms with Gasteiger partial charge in [-0.05, 0) is 5.56 Å². The van der Waals surface area contributed by atoms with Crippen molar-refractivity contribution in [1.29, 1.82) is 0 Å². The number of aromatic nitrogens is 1. The molecule has 0 radical (unpaired) electrons. The summed E-state index contributed by atoms with van der Waals surface area (Å²) in [6.45, 7) is 0. The molecule has 0 atom stereocenters. The van der Waals surface area contributed by atoms with Gasteiger partial charge in [-0.2, -0.15) is 4.98 Å². The molecule has 1 aromatic heterocycles. The Balaban J connectivity index is 0.00000112. The highest BCUT2D eigenvalue weighted by Gasteiger charge is 2.14. The van der Waals surface area contributed by atoms with Crippen molar-refractivity contribution >= 4 is 17.1 Å². The molecular weight excluding hydrogens is 274 g/mol. The fourth-order valence-electron chi connectivity index (χ4n) is 1.25. The zero-order chi connectivity index (χ0) is 9.80. The van der Waals surface area contributed by atoms with Crippen LogP contribution in [0.1, 0.15) is 15.4 Å². The molecule has 0 spiro atoms. The molecule has 1 aromatic carbocycles. The summed E-state index contributed by atoms with van der Waals surface area (Å²) in [5.41, 5.74) is 1.05. The molecule has 0 aliphatic heterocycles. The number of halogens is 1. The number of Topliss-reactive ketones (excluding diaryl/α,β-unsaturated/α-hetero) is 1. The Bertz CT molecular complexity index is 413. The monoisotopic (exact) mass is 283 g/mol. The van der Waals surface area contributed by atoms with Crippen LogP contribution >= 0.6 is 11.3 Å². The van der Waals surface area contributed by atoms with Crippen LogP contribution in [-0.2, 0) is 6.42 Å². The number of carbonyl (C=O) groups is 1. The molecule has 1 N–H and O–H groups in total. The average Bonchev–Trinajstić information content (AvgIpc) is 2.72. The van der Waals surface area contributed by atoms with Crippen molar-refractivity contribution in [2.24, 2.45) is 0 Å². The van der Waals surface area contributed by atoms with Gasteiger partial charge in [0, 0.05) is 6.42 Å².